The Morgan fingerprint density at radius 2 is 1.07 bits per heavy atom. The summed E-state index contributed by atoms with van der Waals surface area (Å²) in [6.45, 7) is 9.48. The van der Waals surface area contributed by atoms with Crippen molar-refractivity contribution >= 4 is 95.2 Å². The maximum absolute atomic E-state index is 13.7. The van der Waals surface area contributed by atoms with Crippen LogP contribution < -0.4 is 19.7 Å². The van der Waals surface area contributed by atoms with Crippen LogP contribution in [0.4, 0.5) is 17.2 Å². The number of benzene rings is 2. The topological polar surface area (TPSA) is 209 Å². The zero-order valence-corrected chi connectivity index (χ0v) is 42.7. The number of nitrogens with one attached hydrogen (secondary N) is 3. The Morgan fingerprint density at radius 3 is 1.49 bits per heavy atom. The third kappa shape index (κ3) is 12.0. The first kappa shape index (κ1) is 50.1. The number of hydrogen-bond acceptors (Lipinski definition) is 12. The number of likely N-dealkylation sites (tertiary alicyclic amines) is 2. The molecule has 4 aliphatic heterocycles. The largest absolute Gasteiger partial charge is 0.356 e. The second kappa shape index (κ2) is 21.0. The molecular weight excluding hydrogens is 987 g/mol. The number of halogens is 3. The molecule has 0 spiro atoms. The number of aryl methyl sites for hydroxylation is 2. The van der Waals surface area contributed by atoms with Crippen molar-refractivity contribution in [3.8, 4) is 0 Å². The second-order valence-electron chi connectivity index (χ2n) is 17.8. The third-order valence-electron chi connectivity index (χ3n) is 12.3. The Morgan fingerprint density at radius 1 is 0.623 bits per heavy atom. The average Bonchev–Trinajstić information content (AvgIpc) is 3.86. The number of carbonyl (C=O) groups is 2. The SMILES string of the molecule is C1CNC1.Cc1cn2nc([C@@H]3CCCCN3C(=O)c3cc(Cl)ccc3NS(C)(=O)=O)cc2nc1Cl.Cc1cn2nc([C@@H]3CCCCN3C(=O)c3cc(Cl)ccc3NS(C)(=O)=O)cc2nc1N1CCC1. The quantitative estimate of drug-likeness (QED) is 0.119. The predicted octanol–water partition coefficient (Wildman–Crippen LogP) is 7.70. The lowest BCUT2D eigenvalue weighted by Gasteiger charge is -2.35. The molecule has 10 rings (SSSR count). The van der Waals surface area contributed by atoms with E-state index >= 15 is 0 Å². The highest BCUT2D eigenvalue weighted by atomic mass is 35.5. The van der Waals surface area contributed by atoms with E-state index in [4.69, 9.17) is 44.9 Å². The first-order valence-corrected chi connectivity index (χ1v) is 27.7. The predicted molar refractivity (Wildman–Crippen MR) is 270 cm³/mol. The summed E-state index contributed by atoms with van der Waals surface area (Å²) in [4.78, 5) is 42.1. The van der Waals surface area contributed by atoms with E-state index in [1.54, 1.807) is 37.2 Å². The number of anilines is 3. The van der Waals surface area contributed by atoms with Crippen molar-refractivity contribution in [3.63, 3.8) is 0 Å². The zero-order chi connectivity index (χ0) is 49.2. The van der Waals surface area contributed by atoms with Gasteiger partial charge in [0.1, 0.15) is 11.0 Å². The normalized spacial score (nSPS) is 18.3. The molecule has 368 valence electrons. The van der Waals surface area contributed by atoms with Crippen LogP contribution >= 0.6 is 34.8 Å². The lowest BCUT2D eigenvalue weighted by molar-refractivity contribution is 0.0600. The molecular formula is C46H55Cl3N12O6S2. The van der Waals surface area contributed by atoms with Gasteiger partial charge >= 0.3 is 0 Å². The smallest absolute Gasteiger partial charge is 0.256 e. The second-order valence-corrected chi connectivity index (χ2v) is 22.5. The van der Waals surface area contributed by atoms with Gasteiger partial charge in [-0.05, 0) is 115 Å². The van der Waals surface area contributed by atoms with Crippen LogP contribution in [-0.4, -0.2) is 119 Å². The maximum atomic E-state index is 13.7. The van der Waals surface area contributed by atoms with Crippen LogP contribution in [0.5, 0.6) is 0 Å². The number of rotatable bonds is 9. The molecule has 4 aromatic heterocycles. The monoisotopic (exact) mass is 1040 g/mol. The fraction of sp³-hybridized carbons (Fsp3) is 0.435. The highest BCUT2D eigenvalue weighted by molar-refractivity contribution is 7.92. The van der Waals surface area contributed by atoms with Crippen LogP contribution in [0, 0.1) is 13.8 Å². The highest BCUT2D eigenvalue weighted by Crippen LogP contribution is 2.36. The molecule has 0 saturated carbocycles. The summed E-state index contributed by atoms with van der Waals surface area (Å²) in [5, 5.41) is 13.6. The van der Waals surface area contributed by atoms with Crippen molar-refractivity contribution in [3.05, 3.63) is 110 Å². The van der Waals surface area contributed by atoms with Crippen molar-refractivity contribution < 1.29 is 26.4 Å². The molecule has 0 radical (unpaired) electrons. The van der Waals surface area contributed by atoms with Gasteiger partial charge in [-0.1, -0.05) is 34.8 Å². The van der Waals surface area contributed by atoms with Crippen molar-refractivity contribution in [2.24, 2.45) is 0 Å². The van der Waals surface area contributed by atoms with Crippen LogP contribution in [0.3, 0.4) is 0 Å². The van der Waals surface area contributed by atoms with E-state index in [-0.39, 0.29) is 46.4 Å². The number of carbonyl (C=O) groups excluding carboxylic acids is 2. The van der Waals surface area contributed by atoms with E-state index in [1.165, 1.54) is 50.2 Å². The summed E-state index contributed by atoms with van der Waals surface area (Å²) in [7, 11) is -7.13. The van der Waals surface area contributed by atoms with Crippen LogP contribution in [0.15, 0.2) is 60.9 Å². The first-order valence-electron chi connectivity index (χ1n) is 22.8. The summed E-state index contributed by atoms with van der Waals surface area (Å²) in [6, 6.07) is 12.4. The van der Waals surface area contributed by atoms with Crippen LogP contribution in [0.2, 0.25) is 15.2 Å². The standard InChI is InChI=1S/C23H27ClN6O3S.C20H21Cl2N5O3S.C3H7N/c1-15-14-30-21(25-22(15)28-9-5-10-28)13-19(26-30)20-6-3-4-11-29(20)23(31)17-12-16(24)7-8-18(17)27-34(2,32)33;1-12-11-27-18(23-19(12)22)10-16(24-27)17-5-3-4-8-26(17)20(28)14-9-13(21)6-7-15(14)25-31(2,29)30;1-2-4-3-1/h7-8,12-14,20,27H,3-6,9-11H2,1-2H3;6-7,9-11,17,25H,3-5,8H2,1-2H3;4H,1-3H2/t20-;17-;/m00./s1. The number of aromatic nitrogens is 6. The van der Waals surface area contributed by atoms with Gasteiger partial charge in [0.25, 0.3) is 11.8 Å². The Labute approximate surface area is 416 Å². The summed E-state index contributed by atoms with van der Waals surface area (Å²) in [6.07, 6.45) is 13.6. The molecule has 4 fully saturated rings. The summed E-state index contributed by atoms with van der Waals surface area (Å²) in [5.41, 5.74) is 5.54. The van der Waals surface area contributed by atoms with Crippen LogP contribution in [0.1, 0.15) is 107 Å². The van der Waals surface area contributed by atoms with Gasteiger partial charge in [0.05, 0.1) is 58.5 Å². The van der Waals surface area contributed by atoms with Gasteiger partial charge in [0, 0.05) is 71.9 Å². The summed E-state index contributed by atoms with van der Waals surface area (Å²) in [5.74, 6) is 0.399. The zero-order valence-electron chi connectivity index (χ0n) is 38.8. The average molecular weight is 1040 g/mol. The molecule has 2 atom stereocenters. The highest BCUT2D eigenvalue weighted by Gasteiger charge is 2.34. The van der Waals surface area contributed by atoms with Gasteiger partial charge in [-0.25, -0.2) is 35.8 Å². The maximum Gasteiger partial charge on any atom is 0.256 e. The van der Waals surface area contributed by atoms with Crippen molar-refractivity contribution in [2.45, 2.75) is 77.3 Å². The molecule has 3 N–H and O–H groups in total. The molecule has 8 heterocycles. The summed E-state index contributed by atoms with van der Waals surface area (Å²) >= 11 is 18.4. The lowest BCUT2D eigenvalue weighted by Crippen LogP contribution is -2.39. The van der Waals surface area contributed by atoms with Gasteiger partial charge < -0.3 is 20.0 Å². The number of nitrogens with zero attached hydrogens (tertiary/aromatic N) is 9. The van der Waals surface area contributed by atoms with Gasteiger partial charge in [-0.3, -0.25) is 19.0 Å². The fourth-order valence-electron chi connectivity index (χ4n) is 8.61. The van der Waals surface area contributed by atoms with Gasteiger partial charge in [0.2, 0.25) is 20.0 Å². The molecule has 6 aromatic rings. The molecule has 2 aromatic carbocycles. The molecule has 0 bridgehead atoms. The molecule has 0 unspecified atom stereocenters. The lowest BCUT2D eigenvalue weighted by atomic mass is 9.98. The minimum absolute atomic E-state index is 0.195. The van der Waals surface area contributed by atoms with E-state index in [1.807, 2.05) is 32.2 Å². The Balaban J connectivity index is 0.000000172. The van der Waals surface area contributed by atoms with E-state index in [9.17, 15) is 26.4 Å². The molecule has 4 aliphatic rings. The van der Waals surface area contributed by atoms with E-state index in [0.29, 0.717) is 39.6 Å². The third-order valence-corrected chi connectivity index (χ3v) is 14.3. The number of amides is 2. The molecule has 23 heteroatoms. The first-order chi connectivity index (χ1) is 32.8. The number of fused-ring (bicyclic) bond motifs is 2. The van der Waals surface area contributed by atoms with E-state index in [0.717, 1.165) is 92.4 Å². The summed E-state index contributed by atoms with van der Waals surface area (Å²) < 4.78 is 55.6. The molecule has 2 amide bonds. The Bertz CT molecular complexity index is 3080. The van der Waals surface area contributed by atoms with Crippen LogP contribution in [-0.2, 0) is 20.0 Å². The van der Waals surface area contributed by atoms with E-state index in [2.05, 4.69) is 29.7 Å². The van der Waals surface area contributed by atoms with Crippen molar-refractivity contribution in [1.82, 2.24) is 44.3 Å². The molecule has 4 saturated heterocycles. The Hall–Kier alpha value is -5.25. The number of sulfonamides is 2. The Kier molecular flexibility index (Phi) is 15.3. The minimum atomic E-state index is -3.57. The van der Waals surface area contributed by atoms with Gasteiger partial charge in [-0.2, -0.15) is 10.2 Å². The van der Waals surface area contributed by atoms with Crippen molar-refractivity contribution in [1.29, 1.82) is 0 Å². The van der Waals surface area contributed by atoms with E-state index < -0.39 is 20.0 Å². The molecule has 18 nitrogen and oxygen atoms in total. The number of piperidine rings is 2. The fourth-order valence-corrected chi connectivity index (χ4v) is 10.2. The molecule has 0 aliphatic carbocycles. The van der Waals surface area contributed by atoms with Gasteiger partial charge in [0.15, 0.2) is 11.3 Å². The minimum Gasteiger partial charge on any atom is -0.356 e. The molecule has 69 heavy (non-hydrogen) atoms. The van der Waals surface area contributed by atoms with Gasteiger partial charge in [-0.15, -0.1) is 0 Å². The van der Waals surface area contributed by atoms with Crippen molar-refractivity contribution in [2.75, 3.05) is 66.1 Å². The number of hydrogen-bond donors (Lipinski definition) is 3. The van der Waals surface area contributed by atoms with Crippen LogP contribution in [0.25, 0.3) is 11.3 Å².